The van der Waals surface area contributed by atoms with E-state index in [1.807, 2.05) is 12.1 Å². The van der Waals surface area contributed by atoms with Crippen LogP contribution in [0.3, 0.4) is 0 Å². The lowest BCUT2D eigenvalue weighted by molar-refractivity contribution is -0.142. The highest BCUT2D eigenvalue weighted by molar-refractivity contribution is 7.91. The maximum absolute atomic E-state index is 14.6. The van der Waals surface area contributed by atoms with Gasteiger partial charge in [0, 0.05) is 23.9 Å². The first kappa shape index (κ1) is 35.2. The van der Waals surface area contributed by atoms with Gasteiger partial charge in [-0.15, -0.1) is 6.58 Å². The van der Waals surface area contributed by atoms with Crippen molar-refractivity contribution in [3.63, 3.8) is 0 Å². The van der Waals surface area contributed by atoms with Crippen LogP contribution < -0.4 is 20.1 Å². The summed E-state index contributed by atoms with van der Waals surface area (Å²) in [5.41, 5.74) is -0.400. The summed E-state index contributed by atoms with van der Waals surface area (Å²) in [6.45, 7) is 4.05. The molecule has 0 radical (unpaired) electrons. The second-order valence-corrected chi connectivity index (χ2v) is 16.8. The Balaban J connectivity index is 1.20. The Labute approximate surface area is 298 Å². The minimum absolute atomic E-state index is 0.0365. The first-order valence-corrected chi connectivity index (χ1v) is 19.9. The predicted molar refractivity (Wildman–Crippen MR) is 188 cm³/mol. The molecule has 3 aliphatic carbocycles. The number of nitrogens with one attached hydrogen (secondary N) is 3. The molecule has 1 unspecified atom stereocenters. The van der Waals surface area contributed by atoms with Gasteiger partial charge in [0.25, 0.3) is 5.91 Å². The van der Waals surface area contributed by atoms with Crippen molar-refractivity contribution < 1.29 is 37.1 Å². The molecule has 51 heavy (non-hydrogen) atoms. The van der Waals surface area contributed by atoms with E-state index in [9.17, 15) is 27.6 Å². The van der Waals surface area contributed by atoms with Gasteiger partial charge in [-0.1, -0.05) is 37.5 Å². The summed E-state index contributed by atoms with van der Waals surface area (Å²) in [6.07, 6.45) is 10.7. The number of alkyl carbamates (subject to hydrolysis) is 1. The number of aromatic nitrogens is 1. The summed E-state index contributed by atoms with van der Waals surface area (Å²) in [5, 5.41) is 6.85. The first-order chi connectivity index (χ1) is 24.6. The molecular formula is C37H47N5O8S. The van der Waals surface area contributed by atoms with Crippen molar-refractivity contribution in [1.82, 2.24) is 25.2 Å². The monoisotopic (exact) mass is 721 g/mol. The largest absolute Gasteiger partial charge is 0.472 e. The summed E-state index contributed by atoms with van der Waals surface area (Å²) in [7, 11) is -3.87. The van der Waals surface area contributed by atoms with Crippen LogP contribution >= 0.6 is 0 Å². The minimum atomic E-state index is -3.87. The molecule has 4 fully saturated rings. The molecule has 2 aromatic rings. The van der Waals surface area contributed by atoms with E-state index in [4.69, 9.17) is 9.47 Å². The number of carbonyl (C=O) groups is 4. The Bertz CT molecular complexity index is 1810. The van der Waals surface area contributed by atoms with E-state index in [-0.39, 0.29) is 31.9 Å². The first-order valence-electron chi connectivity index (χ1n) is 18.4. The minimum Gasteiger partial charge on any atom is -0.472 e. The summed E-state index contributed by atoms with van der Waals surface area (Å²) in [5.74, 6) is -2.09. The predicted octanol–water partition coefficient (Wildman–Crippen LogP) is 3.65. The maximum atomic E-state index is 14.6. The third kappa shape index (κ3) is 7.56. The normalized spacial score (nSPS) is 29.2. The molecule has 1 saturated heterocycles. The van der Waals surface area contributed by atoms with Crippen LogP contribution in [0.2, 0.25) is 0 Å². The number of hydrogen-bond donors (Lipinski definition) is 3. The van der Waals surface area contributed by atoms with E-state index in [1.165, 1.54) is 11.0 Å². The van der Waals surface area contributed by atoms with Crippen LogP contribution in [-0.4, -0.2) is 84.2 Å². The van der Waals surface area contributed by atoms with Crippen molar-refractivity contribution in [2.24, 2.45) is 11.8 Å². The van der Waals surface area contributed by atoms with Gasteiger partial charge in [-0.2, -0.15) is 0 Å². The number of carbonyl (C=O) groups excluding carboxylic acids is 4. The number of fused-ring (bicyclic) bond motifs is 3. The van der Waals surface area contributed by atoms with Crippen LogP contribution in [0.4, 0.5) is 4.79 Å². The van der Waals surface area contributed by atoms with Crippen molar-refractivity contribution in [3.8, 4) is 5.88 Å². The molecule has 274 valence electrons. The molecule has 13 nitrogen and oxygen atoms in total. The number of hydrogen-bond acceptors (Lipinski definition) is 9. The van der Waals surface area contributed by atoms with Gasteiger partial charge < -0.3 is 25.0 Å². The van der Waals surface area contributed by atoms with Gasteiger partial charge in [0.05, 0.1) is 18.4 Å². The molecule has 5 atom stereocenters. The van der Waals surface area contributed by atoms with Gasteiger partial charge >= 0.3 is 6.09 Å². The molecule has 1 aromatic carbocycles. The Kier molecular flexibility index (Phi) is 9.97. The van der Waals surface area contributed by atoms with Gasteiger partial charge in [0.1, 0.15) is 23.7 Å². The van der Waals surface area contributed by atoms with Crippen LogP contribution in [-0.2, 0) is 35.6 Å². The topological polar surface area (TPSA) is 173 Å². The van der Waals surface area contributed by atoms with Crippen molar-refractivity contribution >= 4 is 44.6 Å². The van der Waals surface area contributed by atoms with E-state index in [1.54, 1.807) is 6.20 Å². The molecular weight excluding hydrogens is 675 g/mol. The van der Waals surface area contributed by atoms with Crippen LogP contribution in [0, 0.1) is 11.8 Å². The Morgan fingerprint density at radius 3 is 2.57 bits per heavy atom. The number of benzene rings is 1. The SMILES string of the molecule is C=C[C@@H]1CC1(NC(=O)[C@@H]1C[C@@H]2CN1C(=O)[C@H](C1CCCCC1)NC(=O)OCCCCCc1ccc3ccnc(c3c1)O2)C(=O)NS(=O)(=O)C1CC1. The second kappa shape index (κ2) is 14.4. The number of amides is 4. The highest BCUT2D eigenvalue weighted by Crippen LogP contribution is 2.45. The highest BCUT2D eigenvalue weighted by Gasteiger charge is 2.62. The fourth-order valence-corrected chi connectivity index (χ4v) is 9.32. The summed E-state index contributed by atoms with van der Waals surface area (Å²) < 4.78 is 39.6. The Hall–Kier alpha value is -4.20. The number of aryl methyl sites for hydroxylation is 1. The van der Waals surface area contributed by atoms with Crippen LogP contribution in [0.5, 0.6) is 5.88 Å². The molecule has 5 aliphatic rings. The van der Waals surface area contributed by atoms with Crippen molar-refractivity contribution in [2.45, 2.75) is 112 Å². The molecule has 7 rings (SSSR count). The zero-order valence-corrected chi connectivity index (χ0v) is 29.6. The van der Waals surface area contributed by atoms with Gasteiger partial charge in [0.2, 0.25) is 27.7 Å². The third-order valence-electron chi connectivity index (χ3n) is 11.2. The van der Waals surface area contributed by atoms with Crippen molar-refractivity contribution in [2.75, 3.05) is 13.2 Å². The van der Waals surface area contributed by atoms with E-state index in [0.717, 1.165) is 67.7 Å². The summed E-state index contributed by atoms with van der Waals surface area (Å²) >= 11 is 0. The molecule has 3 N–H and O–H groups in total. The van der Waals surface area contributed by atoms with Crippen LogP contribution in [0.1, 0.15) is 82.6 Å². The zero-order chi connectivity index (χ0) is 35.8. The Morgan fingerprint density at radius 2 is 1.82 bits per heavy atom. The number of ether oxygens (including phenoxy) is 2. The van der Waals surface area contributed by atoms with Gasteiger partial charge in [-0.3, -0.25) is 19.1 Å². The molecule has 2 aliphatic heterocycles. The molecule has 4 bridgehead atoms. The molecule has 0 spiro atoms. The van der Waals surface area contributed by atoms with E-state index in [2.05, 4.69) is 39.1 Å². The number of sulfonamides is 1. The van der Waals surface area contributed by atoms with Crippen molar-refractivity contribution in [3.05, 3.63) is 48.7 Å². The number of rotatable bonds is 7. The third-order valence-corrected chi connectivity index (χ3v) is 13.0. The lowest BCUT2D eigenvalue weighted by Gasteiger charge is -2.34. The van der Waals surface area contributed by atoms with E-state index >= 15 is 0 Å². The van der Waals surface area contributed by atoms with E-state index in [0.29, 0.717) is 25.1 Å². The van der Waals surface area contributed by atoms with Crippen molar-refractivity contribution in [1.29, 1.82) is 0 Å². The number of cyclic esters (lactones) is 1. The lowest BCUT2D eigenvalue weighted by atomic mass is 9.83. The number of nitrogens with zero attached hydrogens (tertiary/aromatic N) is 2. The maximum Gasteiger partial charge on any atom is 0.407 e. The smallest absolute Gasteiger partial charge is 0.407 e. The highest BCUT2D eigenvalue weighted by atomic mass is 32.2. The molecule has 4 amide bonds. The van der Waals surface area contributed by atoms with Gasteiger partial charge in [-0.25, -0.2) is 18.2 Å². The summed E-state index contributed by atoms with van der Waals surface area (Å²) in [4.78, 5) is 61.5. The fraction of sp³-hybridized carbons (Fsp3) is 0.595. The average Bonchev–Trinajstić information content (AvgIpc) is 4.05. The standard InChI is InChI=1S/C37H47N5O8S/c1-2-26-21-37(26,35(45)41-51(47,48)28-14-15-28)40-32(43)30-20-27-22-42(30)34(44)31(25-10-6-3-7-11-25)39-36(46)49-18-8-4-5-9-23-12-13-24-16-17-38-33(50-27)29(24)19-23/h2,12-13,16-17,19,25-28,30-31H,1,3-11,14-15,18,20-22H2,(H,39,46)(H,40,43)(H,41,45)/t26-,27-,30+,31+,37?/m1/s1. The Morgan fingerprint density at radius 1 is 1.04 bits per heavy atom. The molecule has 3 saturated carbocycles. The molecule has 1 aromatic heterocycles. The quantitative estimate of drug-likeness (QED) is 0.361. The molecule has 3 heterocycles. The molecule has 14 heteroatoms. The second-order valence-electron chi connectivity index (χ2n) is 14.8. The van der Waals surface area contributed by atoms with Crippen LogP contribution in [0.25, 0.3) is 10.8 Å². The number of pyridine rings is 1. The van der Waals surface area contributed by atoms with Gasteiger partial charge in [0.15, 0.2) is 0 Å². The fourth-order valence-electron chi connectivity index (χ4n) is 7.96. The zero-order valence-electron chi connectivity index (χ0n) is 28.8. The summed E-state index contributed by atoms with van der Waals surface area (Å²) in [6, 6.07) is 6.08. The average molecular weight is 722 g/mol. The lowest BCUT2D eigenvalue weighted by Crippen LogP contribution is -2.59. The van der Waals surface area contributed by atoms with Gasteiger partial charge in [-0.05, 0) is 86.8 Å². The van der Waals surface area contributed by atoms with E-state index < -0.39 is 68.7 Å². The van der Waals surface area contributed by atoms with Crippen LogP contribution in [0.15, 0.2) is 43.1 Å².